The fourth-order valence-electron chi connectivity index (χ4n) is 3.64. The summed E-state index contributed by atoms with van der Waals surface area (Å²) in [6.45, 7) is 4.08. The molecular formula is C19H25N3O2S. The Labute approximate surface area is 149 Å². The lowest BCUT2D eigenvalue weighted by Crippen LogP contribution is -2.30. The van der Waals surface area contributed by atoms with Gasteiger partial charge in [0.15, 0.2) is 9.84 Å². The van der Waals surface area contributed by atoms with Gasteiger partial charge in [-0.05, 0) is 37.7 Å². The van der Waals surface area contributed by atoms with Crippen molar-refractivity contribution in [2.45, 2.75) is 38.0 Å². The summed E-state index contributed by atoms with van der Waals surface area (Å²) in [7, 11) is -2.97. The minimum Gasteiger partial charge on any atom is -0.355 e. The number of anilines is 1. The van der Waals surface area contributed by atoms with Gasteiger partial charge in [-0.25, -0.2) is 13.1 Å². The summed E-state index contributed by atoms with van der Waals surface area (Å²) in [5.74, 6) is 1.84. The summed E-state index contributed by atoms with van der Waals surface area (Å²) in [5.41, 5.74) is 2.17. The summed E-state index contributed by atoms with van der Waals surface area (Å²) in [4.78, 5) is 2.19. The molecule has 2 aromatic rings. The minimum atomic E-state index is -2.97. The molecule has 5 nitrogen and oxygen atoms in total. The first-order chi connectivity index (χ1) is 12.0. The maximum atomic E-state index is 12.6. The largest absolute Gasteiger partial charge is 0.355 e. The van der Waals surface area contributed by atoms with Crippen LogP contribution in [0.1, 0.15) is 30.5 Å². The van der Waals surface area contributed by atoms with Crippen LogP contribution in [0.5, 0.6) is 0 Å². The van der Waals surface area contributed by atoms with Gasteiger partial charge in [-0.15, -0.1) is 0 Å². The van der Waals surface area contributed by atoms with Crippen molar-refractivity contribution in [3.63, 3.8) is 0 Å². The average molecular weight is 359 g/mol. The Bertz CT molecular complexity index is 841. The smallest absolute Gasteiger partial charge is 0.155 e. The molecule has 0 spiro atoms. The molecule has 0 N–H and O–H groups in total. The Morgan fingerprint density at radius 3 is 2.64 bits per heavy atom. The van der Waals surface area contributed by atoms with Crippen LogP contribution in [0.3, 0.4) is 0 Å². The molecule has 2 fully saturated rings. The Kier molecular flexibility index (Phi) is 4.31. The van der Waals surface area contributed by atoms with Gasteiger partial charge in [0.25, 0.3) is 0 Å². The second kappa shape index (κ2) is 6.48. The van der Waals surface area contributed by atoms with Crippen LogP contribution in [0.2, 0.25) is 0 Å². The van der Waals surface area contributed by atoms with Crippen molar-refractivity contribution in [3.8, 4) is 0 Å². The number of aromatic nitrogens is 2. The van der Waals surface area contributed by atoms with Crippen molar-refractivity contribution in [2.24, 2.45) is 5.92 Å². The Morgan fingerprint density at radius 1 is 1.16 bits per heavy atom. The SMILES string of the molecule is Cc1cc(N2CCC(S(=O)(=O)CC3CC3)C2)n(Cc2ccccc2)n1. The Morgan fingerprint density at radius 2 is 1.92 bits per heavy atom. The van der Waals surface area contributed by atoms with Crippen molar-refractivity contribution in [1.29, 1.82) is 0 Å². The summed E-state index contributed by atoms with van der Waals surface area (Å²) in [6, 6.07) is 12.3. The molecule has 2 heterocycles. The van der Waals surface area contributed by atoms with E-state index in [1.807, 2.05) is 29.8 Å². The van der Waals surface area contributed by atoms with Crippen molar-refractivity contribution < 1.29 is 8.42 Å². The highest BCUT2D eigenvalue weighted by Crippen LogP contribution is 2.33. The molecule has 1 aromatic heterocycles. The number of rotatable bonds is 6. The number of hydrogen-bond acceptors (Lipinski definition) is 4. The average Bonchev–Trinajstić information content (AvgIpc) is 3.09. The van der Waals surface area contributed by atoms with E-state index < -0.39 is 9.84 Å². The second-order valence-electron chi connectivity index (χ2n) is 7.42. The molecule has 0 amide bonds. The molecule has 134 valence electrons. The molecule has 1 aliphatic heterocycles. The lowest BCUT2D eigenvalue weighted by molar-refractivity contribution is 0.579. The third-order valence-corrected chi connectivity index (χ3v) is 7.53. The number of sulfone groups is 1. The maximum absolute atomic E-state index is 12.6. The van der Waals surface area contributed by atoms with Gasteiger partial charge in [0, 0.05) is 19.2 Å². The summed E-state index contributed by atoms with van der Waals surface area (Å²) >= 11 is 0. The molecule has 1 saturated carbocycles. The zero-order valence-corrected chi connectivity index (χ0v) is 15.5. The molecular weight excluding hydrogens is 334 g/mol. The fraction of sp³-hybridized carbons (Fsp3) is 0.526. The van der Waals surface area contributed by atoms with E-state index >= 15 is 0 Å². The lowest BCUT2D eigenvalue weighted by Gasteiger charge is -2.20. The Hall–Kier alpha value is -1.82. The van der Waals surface area contributed by atoms with Gasteiger partial charge < -0.3 is 4.90 Å². The van der Waals surface area contributed by atoms with E-state index in [4.69, 9.17) is 0 Å². The molecule has 1 saturated heterocycles. The van der Waals surface area contributed by atoms with Crippen molar-refractivity contribution in [3.05, 3.63) is 47.7 Å². The van der Waals surface area contributed by atoms with E-state index in [0.29, 0.717) is 24.8 Å². The predicted octanol–water partition coefficient (Wildman–Crippen LogP) is 2.64. The van der Waals surface area contributed by atoms with E-state index in [2.05, 4.69) is 28.2 Å². The van der Waals surface area contributed by atoms with E-state index in [1.165, 1.54) is 5.56 Å². The zero-order chi connectivity index (χ0) is 17.4. The normalized spacial score (nSPS) is 21.0. The summed E-state index contributed by atoms with van der Waals surface area (Å²) in [5, 5.41) is 4.39. The van der Waals surface area contributed by atoms with Crippen molar-refractivity contribution in [1.82, 2.24) is 9.78 Å². The first-order valence-electron chi connectivity index (χ1n) is 9.06. The molecule has 1 unspecified atom stereocenters. The van der Waals surface area contributed by atoms with Crippen LogP contribution in [-0.2, 0) is 16.4 Å². The molecule has 4 rings (SSSR count). The van der Waals surface area contributed by atoms with E-state index in [0.717, 1.165) is 37.3 Å². The van der Waals surface area contributed by atoms with Gasteiger partial charge in [0.2, 0.25) is 0 Å². The van der Waals surface area contributed by atoms with Gasteiger partial charge in [-0.2, -0.15) is 5.10 Å². The highest BCUT2D eigenvalue weighted by Gasteiger charge is 2.38. The minimum absolute atomic E-state index is 0.228. The number of hydrogen-bond donors (Lipinski definition) is 0. The van der Waals surface area contributed by atoms with E-state index in [-0.39, 0.29) is 5.25 Å². The van der Waals surface area contributed by atoms with Crippen LogP contribution in [0.15, 0.2) is 36.4 Å². The predicted molar refractivity (Wildman–Crippen MR) is 99.6 cm³/mol. The third kappa shape index (κ3) is 3.73. The standard InChI is InChI=1S/C19H25N3O2S/c1-15-11-19(22(20-15)12-16-5-3-2-4-6-16)21-10-9-18(13-21)25(23,24)14-17-7-8-17/h2-6,11,17-18H,7-10,12-14H2,1H3. The van der Waals surface area contributed by atoms with Crippen LogP contribution >= 0.6 is 0 Å². The highest BCUT2D eigenvalue weighted by molar-refractivity contribution is 7.92. The monoisotopic (exact) mass is 359 g/mol. The highest BCUT2D eigenvalue weighted by atomic mass is 32.2. The molecule has 1 aliphatic carbocycles. The second-order valence-corrected chi connectivity index (χ2v) is 9.74. The first-order valence-corrected chi connectivity index (χ1v) is 10.8. The molecule has 0 radical (unpaired) electrons. The Balaban J connectivity index is 1.50. The zero-order valence-electron chi connectivity index (χ0n) is 14.6. The van der Waals surface area contributed by atoms with Gasteiger partial charge in [-0.1, -0.05) is 30.3 Å². The molecule has 6 heteroatoms. The number of aryl methyl sites for hydroxylation is 1. The van der Waals surface area contributed by atoms with Crippen LogP contribution < -0.4 is 4.90 Å². The third-order valence-electron chi connectivity index (χ3n) is 5.20. The quantitative estimate of drug-likeness (QED) is 0.796. The van der Waals surface area contributed by atoms with Crippen LogP contribution in [0.4, 0.5) is 5.82 Å². The van der Waals surface area contributed by atoms with Crippen LogP contribution in [0, 0.1) is 12.8 Å². The maximum Gasteiger partial charge on any atom is 0.155 e. The summed E-state index contributed by atoms with van der Waals surface area (Å²) in [6.07, 6.45) is 2.89. The van der Waals surface area contributed by atoms with Crippen molar-refractivity contribution in [2.75, 3.05) is 23.7 Å². The first kappa shape index (κ1) is 16.6. The topological polar surface area (TPSA) is 55.2 Å². The number of benzene rings is 1. The fourth-order valence-corrected chi connectivity index (χ4v) is 5.77. The van der Waals surface area contributed by atoms with Gasteiger partial charge >= 0.3 is 0 Å². The number of nitrogens with zero attached hydrogens (tertiary/aromatic N) is 3. The van der Waals surface area contributed by atoms with Gasteiger partial charge in [0.05, 0.1) is 23.2 Å². The van der Waals surface area contributed by atoms with Crippen LogP contribution in [-0.4, -0.2) is 42.3 Å². The van der Waals surface area contributed by atoms with Gasteiger partial charge in [0.1, 0.15) is 5.82 Å². The van der Waals surface area contributed by atoms with Crippen LogP contribution in [0.25, 0.3) is 0 Å². The molecule has 2 aliphatic rings. The molecule has 1 atom stereocenters. The lowest BCUT2D eigenvalue weighted by atomic mass is 10.2. The van der Waals surface area contributed by atoms with E-state index in [1.54, 1.807) is 0 Å². The molecule has 0 bridgehead atoms. The molecule has 25 heavy (non-hydrogen) atoms. The summed E-state index contributed by atoms with van der Waals surface area (Å²) < 4.78 is 27.2. The van der Waals surface area contributed by atoms with Crippen molar-refractivity contribution >= 4 is 15.7 Å². The van der Waals surface area contributed by atoms with E-state index in [9.17, 15) is 8.42 Å². The molecule has 1 aromatic carbocycles. The van der Waals surface area contributed by atoms with Gasteiger partial charge in [-0.3, -0.25) is 0 Å².